The molecule has 5 nitrogen and oxygen atoms in total. The minimum atomic E-state index is -1.000. The molecule has 136 valence electrons. The smallest absolute Gasteiger partial charge is 0.341 e. The van der Waals surface area contributed by atoms with E-state index in [0.29, 0.717) is 12.3 Å². The van der Waals surface area contributed by atoms with Gasteiger partial charge in [0.15, 0.2) is 6.61 Å². The number of rotatable bonds is 8. The Morgan fingerprint density at radius 2 is 1.56 bits per heavy atom. The van der Waals surface area contributed by atoms with Gasteiger partial charge in [0.25, 0.3) is 0 Å². The van der Waals surface area contributed by atoms with Crippen molar-refractivity contribution in [1.29, 1.82) is 0 Å². The van der Waals surface area contributed by atoms with Crippen LogP contribution in [0.3, 0.4) is 0 Å². The number of ether oxygens (including phenoxy) is 1. The van der Waals surface area contributed by atoms with Gasteiger partial charge in [-0.05, 0) is 47.5 Å². The topological polar surface area (TPSA) is 62.1 Å². The van der Waals surface area contributed by atoms with Crippen LogP contribution < -0.4 is 9.75 Å². The van der Waals surface area contributed by atoms with Crippen molar-refractivity contribution >= 4 is 17.9 Å². The lowest BCUT2D eigenvalue weighted by molar-refractivity contribution is -0.139. The van der Waals surface area contributed by atoms with Gasteiger partial charge in [0.1, 0.15) is 5.75 Å². The summed E-state index contributed by atoms with van der Waals surface area (Å²) in [6.07, 6.45) is 1.77. The van der Waals surface area contributed by atoms with Crippen molar-refractivity contribution in [3.63, 3.8) is 0 Å². The maximum atomic E-state index is 10.6. The van der Waals surface area contributed by atoms with Crippen LogP contribution in [0.25, 0.3) is 0 Å². The van der Waals surface area contributed by atoms with Crippen molar-refractivity contribution in [2.24, 2.45) is 5.10 Å². The van der Waals surface area contributed by atoms with E-state index < -0.39 is 5.97 Å². The zero-order valence-electron chi connectivity index (χ0n) is 14.7. The molecule has 0 aliphatic carbocycles. The molecular formula is C22H20N2O3. The predicted octanol–water partition coefficient (Wildman–Crippen LogP) is 4.19. The molecule has 0 atom stereocenters. The number of para-hydroxylation sites is 1. The van der Waals surface area contributed by atoms with Gasteiger partial charge < -0.3 is 9.84 Å². The highest BCUT2D eigenvalue weighted by molar-refractivity contribution is 5.80. The van der Waals surface area contributed by atoms with Crippen LogP contribution in [0.15, 0.2) is 90.0 Å². The van der Waals surface area contributed by atoms with Gasteiger partial charge >= 0.3 is 5.97 Å². The molecule has 0 heterocycles. The Morgan fingerprint density at radius 3 is 2.19 bits per heavy atom. The number of carboxylic acid groups (broad SMARTS) is 1. The van der Waals surface area contributed by atoms with Gasteiger partial charge in [0.2, 0.25) is 0 Å². The Balaban J connectivity index is 1.74. The second-order valence-corrected chi connectivity index (χ2v) is 5.87. The van der Waals surface area contributed by atoms with Crippen molar-refractivity contribution in [1.82, 2.24) is 0 Å². The average molecular weight is 360 g/mol. The van der Waals surface area contributed by atoms with Crippen LogP contribution in [0.2, 0.25) is 0 Å². The van der Waals surface area contributed by atoms with E-state index in [0.717, 1.165) is 16.8 Å². The molecule has 3 rings (SSSR count). The molecule has 1 N–H and O–H groups in total. The van der Waals surface area contributed by atoms with E-state index in [1.165, 1.54) is 0 Å². The van der Waals surface area contributed by atoms with Gasteiger partial charge in [-0.2, -0.15) is 5.10 Å². The summed E-state index contributed by atoms with van der Waals surface area (Å²) in [5.41, 5.74) is 3.06. The van der Waals surface area contributed by atoms with Crippen molar-refractivity contribution < 1.29 is 14.6 Å². The summed E-state index contributed by atoms with van der Waals surface area (Å²) in [6.45, 7) is 0.299. The highest BCUT2D eigenvalue weighted by Gasteiger charge is 2.05. The van der Waals surface area contributed by atoms with Gasteiger partial charge in [-0.15, -0.1) is 0 Å². The largest absolute Gasteiger partial charge is 0.482 e. The third-order valence-corrected chi connectivity index (χ3v) is 3.82. The van der Waals surface area contributed by atoms with Crippen molar-refractivity contribution in [3.8, 4) is 5.75 Å². The van der Waals surface area contributed by atoms with E-state index in [2.05, 4.69) is 17.2 Å². The standard InChI is InChI=1S/C22H20N2O3/c25-22(26)17-27-21-13-11-18(12-14-21)15-23-24(20-9-5-2-6-10-20)16-19-7-3-1-4-8-19/h1-15H,16-17H2,(H,25,26)/b23-15-. The second kappa shape index (κ2) is 9.20. The molecule has 0 unspecified atom stereocenters. The number of hydrogen-bond acceptors (Lipinski definition) is 4. The Labute approximate surface area is 158 Å². The van der Waals surface area contributed by atoms with Crippen LogP contribution >= 0.6 is 0 Å². The summed E-state index contributed by atoms with van der Waals surface area (Å²) >= 11 is 0. The third-order valence-electron chi connectivity index (χ3n) is 3.82. The molecule has 0 spiro atoms. The molecule has 5 heteroatoms. The molecule has 0 aromatic heterocycles. The fraction of sp³-hybridized carbons (Fsp3) is 0.0909. The number of anilines is 1. The van der Waals surface area contributed by atoms with Crippen LogP contribution in [-0.4, -0.2) is 23.9 Å². The Morgan fingerprint density at radius 1 is 0.926 bits per heavy atom. The normalized spacial score (nSPS) is 10.7. The third kappa shape index (κ3) is 5.71. The Hall–Kier alpha value is -3.60. The monoisotopic (exact) mass is 360 g/mol. The quantitative estimate of drug-likeness (QED) is 0.483. The Bertz CT molecular complexity index is 878. The van der Waals surface area contributed by atoms with Crippen LogP contribution in [-0.2, 0) is 11.3 Å². The number of nitrogens with zero attached hydrogens (tertiary/aromatic N) is 2. The molecule has 0 aliphatic heterocycles. The molecule has 0 saturated carbocycles. The van der Waals surface area contributed by atoms with E-state index in [1.807, 2.05) is 65.7 Å². The molecular weight excluding hydrogens is 340 g/mol. The highest BCUT2D eigenvalue weighted by atomic mass is 16.5. The van der Waals surface area contributed by atoms with E-state index >= 15 is 0 Å². The first-order valence-electron chi connectivity index (χ1n) is 8.56. The fourth-order valence-corrected chi connectivity index (χ4v) is 2.49. The first-order valence-corrected chi connectivity index (χ1v) is 8.56. The molecule has 0 aliphatic rings. The number of carboxylic acids is 1. The first kappa shape index (κ1) is 18.2. The molecule has 0 amide bonds. The molecule has 0 radical (unpaired) electrons. The fourth-order valence-electron chi connectivity index (χ4n) is 2.49. The molecule has 0 fully saturated rings. The number of hydrogen-bond donors (Lipinski definition) is 1. The summed E-state index contributed by atoms with van der Waals surface area (Å²) in [4.78, 5) is 10.6. The zero-order chi connectivity index (χ0) is 18.9. The van der Waals surface area contributed by atoms with Crippen molar-refractivity contribution in [2.75, 3.05) is 11.6 Å². The van der Waals surface area contributed by atoms with Crippen molar-refractivity contribution in [3.05, 3.63) is 96.1 Å². The zero-order valence-corrected chi connectivity index (χ0v) is 14.7. The van der Waals surface area contributed by atoms with Gasteiger partial charge in [-0.25, -0.2) is 4.79 Å². The first-order chi connectivity index (χ1) is 13.2. The van der Waals surface area contributed by atoms with Gasteiger partial charge in [-0.3, -0.25) is 5.01 Å². The summed E-state index contributed by atoms with van der Waals surface area (Å²) in [6, 6.07) is 27.3. The Kier molecular flexibility index (Phi) is 6.20. The van der Waals surface area contributed by atoms with E-state index in [4.69, 9.17) is 9.84 Å². The highest BCUT2D eigenvalue weighted by Crippen LogP contribution is 2.18. The SMILES string of the molecule is O=C(O)COc1ccc(/C=N\N(Cc2ccccc2)c2ccccc2)cc1. The number of carbonyl (C=O) groups is 1. The molecule has 3 aromatic rings. The van der Waals surface area contributed by atoms with E-state index in [1.54, 1.807) is 18.3 Å². The maximum absolute atomic E-state index is 10.6. The van der Waals surface area contributed by atoms with Crippen LogP contribution in [0.4, 0.5) is 5.69 Å². The summed E-state index contributed by atoms with van der Waals surface area (Å²) in [5.74, 6) is -0.487. The molecule has 0 saturated heterocycles. The minimum Gasteiger partial charge on any atom is -0.482 e. The van der Waals surface area contributed by atoms with E-state index in [-0.39, 0.29) is 6.61 Å². The van der Waals surface area contributed by atoms with Gasteiger partial charge in [-0.1, -0.05) is 48.5 Å². The summed E-state index contributed by atoms with van der Waals surface area (Å²) in [5, 5.41) is 15.2. The molecule has 27 heavy (non-hydrogen) atoms. The molecule has 0 bridgehead atoms. The number of aliphatic carboxylic acids is 1. The van der Waals surface area contributed by atoms with Crippen LogP contribution in [0.5, 0.6) is 5.75 Å². The van der Waals surface area contributed by atoms with Gasteiger partial charge in [0, 0.05) is 0 Å². The average Bonchev–Trinajstić information content (AvgIpc) is 2.71. The van der Waals surface area contributed by atoms with Crippen LogP contribution in [0, 0.1) is 0 Å². The second-order valence-electron chi connectivity index (χ2n) is 5.87. The maximum Gasteiger partial charge on any atom is 0.341 e. The lowest BCUT2D eigenvalue weighted by Crippen LogP contribution is -2.16. The summed E-state index contributed by atoms with van der Waals surface area (Å²) < 4.78 is 5.14. The lowest BCUT2D eigenvalue weighted by atomic mass is 10.2. The summed E-state index contributed by atoms with van der Waals surface area (Å²) in [7, 11) is 0. The molecule has 3 aromatic carbocycles. The van der Waals surface area contributed by atoms with E-state index in [9.17, 15) is 4.79 Å². The number of benzene rings is 3. The lowest BCUT2D eigenvalue weighted by Gasteiger charge is -2.19. The minimum absolute atomic E-state index is 0.355. The van der Waals surface area contributed by atoms with Crippen LogP contribution in [0.1, 0.15) is 11.1 Å². The van der Waals surface area contributed by atoms with Gasteiger partial charge in [0.05, 0.1) is 18.4 Å². The van der Waals surface area contributed by atoms with Crippen molar-refractivity contribution in [2.45, 2.75) is 6.54 Å². The predicted molar refractivity (Wildman–Crippen MR) is 106 cm³/mol. The number of hydrazone groups is 1.